The number of hydrogen-bond donors (Lipinski definition) is 2. The van der Waals surface area contributed by atoms with E-state index >= 15 is 0 Å². The monoisotopic (exact) mass is 382 g/mol. The van der Waals surface area contributed by atoms with Crippen LogP contribution in [0.25, 0.3) is 0 Å². The largest absolute Gasteiger partial charge is 0.365 e. The quantitative estimate of drug-likeness (QED) is 0.485. The second-order valence-electron chi connectivity index (χ2n) is 4.41. The van der Waals surface area contributed by atoms with Crippen LogP contribution in [0.15, 0.2) is 48.5 Å². The van der Waals surface area contributed by atoms with E-state index in [9.17, 15) is 4.79 Å². The molecule has 0 heterocycles. The maximum atomic E-state index is 11.8. The zero-order chi connectivity index (χ0) is 14.5. The predicted octanol–water partition coefficient (Wildman–Crippen LogP) is 2.92. The van der Waals surface area contributed by atoms with Gasteiger partial charge in [-0.3, -0.25) is 0 Å². The van der Waals surface area contributed by atoms with E-state index in [1.165, 1.54) is 0 Å². The minimum atomic E-state index is -0.553. The third-order valence-electron chi connectivity index (χ3n) is 2.78. The molecule has 2 rings (SSSR count). The summed E-state index contributed by atoms with van der Waals surface area (Å²) >= 11 is 2.14. The summed E-state index contributed by atoms with van der Waals surface area (Å²) in [6.45, 7) is 2.00. The second kappa shape index (κ2) is 6.83. The molecule has 20 heavy (non-hydrogen) atoms. The summed E-state index contributed by atoms with van der Waals surface area (Å²) < 4.78 is 0.972. The summed E-state index contributed by atoms with van der Waals surface area (Å²) in [6, 6.07) is 14.9. The maximum Gasteiger partial charge on any atom is 0.356 e. The molecule has 0 fully saturated rings. The summed E-state index contributed by atoms with van der Waals surface area (Å²) in [4.78, 5) is 16.9. The van der Waals surface area contributed by atoms with Crippen molar-refractivity contribution in [3.05, 3.63) is 68.8 Å². The molecule has 0 aliphatic carbocycles. The minimum absolute atomic E-state index is 0.453. The molecule has 0 radical (unpaired) electrons. The third kappa shape index (κ3) is 4.03. The van der Waals surface area contributed by atoms with Crippen LogP contribution in [0.3, 0.4) is 0 Å². The Morgan fingerprint density at radius 1 is 1.25 bits per heavy atom. The predicted molar refractivity (Wildman–Crippen MR) is 85.8 cm³/mol. The number of halogens is 1. The van der Waals surface area contributed by atoms with Gasteiger partial charge in [-0.1, -0.05) is 35.9 Å². The van der Waals surface area contributed by atoms with Crippen LogP contribution in [-0.2, 0) is 4.84 Å². The van der Waals surface area contributed by atoms with E-state index in [-0.39, 0.29) is 0 Å². The summed E-state index contributed by atoms with van der Waals surface area (Å²) in [5.74, 6) is -0.453. The Bertz CT molecular complexity index is 599. The van der Waals surface area contributed by atoms with Crippen molar-refractivity contribution in [2.45, 2.75) is 13.1 Å². The second-order valence-corrected chi connectivity index (χ2v) is 5.65. The summed E-state index contributed by atoms with van der Waals surface area (Å²) in [7, 11) is 0. The number of nitrogens with two attached hydrogens (primary N) is 1. The standard InChI is InChI=1S/C15H15IN2O2/c1-10-5-7-11(8-6-10)14(17)18-20-15(19)12-3-2-4-13(16)9-12/h2-9,14,18H,17H2,1H3. The van der Waals surface area contributed by atoms with E-state index in [0.717, 1.165) is 14.7 Å². The molecule has 2 aromatic rings. The Kier molecular flexibility index (Phi) is 5.11. The lowest BCUT2D eigenvalue weighted by Gasteiger charge is -2.14. The van der Waals surface area contributed by atoms with Crippen LogP contribution >= 0.6 is 22.6 Å². The average Bonchev–Trinajstić information content (AvgIpc) is 2.45. The van der Waals surface area contributed by atoms with Crippen molar-refractivity contribution >= 4 is 28.6 Å². The lowest BCUT2D eigenvalue weighted by molar-refractivity contribution is 0.0157. The molecule has 0 aromatic heterocycles. The molecule has 5 heteroatoms. The van der Waals surface area contributed by atoms with Crippen molar-refractivity contribution in [3.63, 3.8) is 0 Å². The Hall–Kier alpha value is -1.44. The first-order valence-electron chi connectivity index (χ1n) is 6.10. The number of aryl methyl sites for hydroxylation is 1. The fourth-order valence-electron chi connectivity index (χ4n) is 1.63. The lowest BCUT2D eigenvalue weighted by atomic mass is 10.1. The van der Waals surface area contributed by atoms with Gasteiger partial charge in [0.1, 0.15) is 6.17 Å². The topological polar surface area (TPSA) is 64.3 Å². The first-order chi connectivity index (χ1) is 9.56. The van der Waals surface area contributed by atoms with Crippen molar-refractivity contribution in [2.24, 2.45) is 5.73 Å². The number of carbonyl (C=O) groups excluding carboxylic acids is 1. The Morgan fingerprint density at radius 3 is 2.60 bits per heavy atom. The van der Waals surface area contributed by atoms with Crippen molar-refractivity contribution in [1.29, 1.82) is 0 Å². The van der Waals surface area contributed by atoms with Gasteiger partial charge in [-0.25, -0.2) is 4.79 Å². The van der Waals surface area contributed by atoms with Crippen LogP contribution in [0.4, 0.5) is 0 Å². The van der Waals surface area contributed by atoms with Gasteiger partial charge in [-0.2, -0.15) is 0 Å². The van der Waals surface area contributed by atoms with Crippen LogP contribution < -0.4 is 11.2 Å². The van der Waals surface area contributed by atoms with Gasteiger partial charge in [-0.05, 0) is 53.3 Å². The van der Waals surface area contributed by atoms with Gasteiger partial charge in [0.15, 0.2) is 0 Å². The van der Waals surface area contributed by atoms with E-state index in [2.05, 4.69) is 28.1 Å². The van der Waals surface area contributed by atoms with Gasteiger partial charge in [0.2, 0.25) is 0 Å². The van der Waals surface area contributed by atoms with E-state index < -0.39 is 12.1 Å². The van der Waals surface area contributed by atoms with Crippen molar-refractivity contribution in [2.75, 3.05) is 0 Å². The highest BCUT2D eigenvalue weighted by Crippen LogP contribution is 2.11. The first kappa shape index (κ1) is 15.0. The smallest absolute Gasteiger partial charge is 0.356 e. The molecule has 4 nitrogen and oxygen atoms in total. The number of carbonyl (C=O) groups is 1. The molecule has 3 N–H and O–H groups in total. The van der Waals surface area contributed by atoms with E-state index in [0.29, 0.717) is 5.56 Å². The average molecular weight is 382 g/mol. The number of nitrogens with one attached hydrogen (secondary N) is 1. The Balaban J connectivity index is 1.94. The van der Waals surface area contributed by atoms with Gasteiger partial charge < -0.3 is 10.6 Å². The van der Waals surface area contributed by atoms with Crippen LogP contribution in [0, 0.1) is 10.5 Å². The molecule has 2 aromatic carbocycles. The van der Waals surface area contributed by atoms with Crippen LogP contribution in [0.1, 0.15) is 27.7 Å². The molecule has 0 bridgehead atoms. The molecule has 0 saturated carbocycles. The van der Waals surface area contributed by atoms with E-state index in [1.807, 2.05) is 37.3 Å². The summed E-state index contributed by atoms with van der Waals surface area (Å²) in [6.07, 6.45) is -0.553. The highest BCUT2D eigenvalue weighted by molar-refractivity contribution is 14.1. The normalized spacial score (nSPS) is 11.9. The molecule has 0 spiro atoms. The molecule has 104 valence electrons. The zero-order valence-electron chi connectivity index (χ0n) is 11.0. The fourth-order valence-corrected chi connectivity index (χ4v) is 2.18. The summed E-state index contributed by atoms with van der Waals surface area (Å²) in [5.41, 5.74) is 11.0. The molecule has 0 aliphatic heterocycles. The van der Waals surface area contributed by atoms with Gasteiger partial charge >= 0.3 is 5.97 Å². The molecule has 0 amide bonds. The lowest BCUT2D eigenvalue weighted by Crippen LogP contribution is -2.31. The van der Waals surface area contributed by atoms with Gasteiger partial charge in [0.05, 0.1) is 5.56 Å². The SMILES string of the molecule is Cc1ccc(C(N)NOC(=O)c2cccc(I)c2)cc1. The van der Waals surface area contributed by atoms with E-state index in [1.54, 1.807) is 18.2 Å². The Morgan fingerprint density at radius 2 is 1.95 bits per heavy atom. The van der Waals surface area contributed by atoms with Crippen LogP contribution in [0.5, 0.6) is 0 Å². The van der Waals surface area contributed by atoms with Gasteiger partial charge in [-0.15, -0.1) is 5.48 Å². The van der Waals surface area contributed by atoms with Crippen molar-refractivity contribution in [1.82, 2.24) is 5.48 Å². The molecule has 1 unspecified atom stereocenters. The van der Waals surface area contributed by atoms with Crippen LogP contribution in [0.2, 0.25) is 0 Å². The molecule has 0 aliphatic rings. The molecule has 1 atom stereocenters. The zero-order valence-corrected chi connectivity index (χ0v) is 13.1. The third-order valence-corrected chi connectivity index (χ3v) is 3.45. The highest BCUT2D eigenvalue weighted by atomic mass is 127. The number of benzene rings is 2. The van der Waals surface area contributed by atoms with E-state index in [4.69, 9.17) is 10.6 Å². The van der Waals surface area contributed by atoms with Crippen LogP contribution in [-0.4, -0.2) is 5.97 Å². The minimum Gasteiger partial charge on any atom is -0.365 e. The van der Waals surface area contributed by atoms with Gasteiger partial charge in [0.25, 0.3) is 0 Å². The van der Waals surface area contributed by atoms with Gasteiger partial charge in [0, 0.05) is 3.57 Å². The van der Waals surface area contributed by atoms with Crippen molar-refractivity contribution < 1.29 is 9.63 Å². The number of hydrogen-bond acceptors (Lipinski definition) is 4. The molecular formula is C15H15IN2O2. The summed E-state index contributed by atoms with van der Waals surface area (Å²) in [5, 5.41) is 0. The molecule has 0 saturated heterocycles. The first-order valence-corrected chi connectivity index (χ1v) is 7.18. The van der Waals surface area contributed by atoms with Crippen molar-refractivity contribution in [3.8, 4) is 0 Å². The Labute approximate surface area is 131 Å². The number of hydroxylamine groups is 1. The fraction of sp³-hybridized carbons (Fsp3) is 0.133. The molecular weight excluding hydrogens is 367 g/mol. The number of rotatable bonds is 4. The highest BCUT2D eigenvalue weighted by Gasteiger charge is 2.11. The maximum absolute atomic E-state index is 11.8.